The number of aromatic nitrogens is 3. The van der Waals surface area contributed by atoms with Crippen LogP contribution in [0, 0.1) is 11.3 Å². The van der Waals surface area contributed by atoms with E-state index in [1.807, 2.05) is 6.07 Å². The van der Waals surface area contributed by atoms with Gasteiger partial charge >= 0.3 is 0 Å². The minimum absolute atomic E-state index is 0.0799. The number of nitrogens with zero attached hydrogens (tertiary/aromatic N) is 4. The van der Waals surface area contributed by atoms with Crippen molar-refractivity contribution in [3.63, 3.8) is 0 Å². The summed E-state index contributed by atoms with van der Waals surface area (Å²) in [5, 5.41) is 19.5. The van der Waals surface area contributed by atoms with Crippen LogP contribution in [-0.4, -0.2) is 19.6 Å². The molecule has 7 heteroatoms. The van der Waals surface area contributed by atoms with Crippen molar-refractivity contribution >= 4 is 23.4 Å². The van der Waals surface area contributed by atoms with Crippen molar-refractivity contribution < 1.29 is 5.11 Å². The Morgan fingerprint density at radius 3 is 2.94 bits per heavy atom. The van der Waals surface area contributed by atoms with E-state index in [1.165, 1.54) is 18.0 Å². The van der Waals surface area contributed by atoms with E-state index in [0.29, 0.717) is 26.5 Å². The molecule has 0 aliphatic carbocycles. The highest BCUT2D eigenvalue weighted by Crippen LogP contribution is 2.32. The molecule has 0 saturated carbocycles. The van der Waals surface area contributed by atoms with Gasteiger partial charge in [0.05, 0.1) is 29.1 Å². The Labute approximate surface area is 113 Å². The number of hydrogen-bond acceptors (Lipinski definition) is 5. The number of pyridine rings is 1. The Kier molecular flexibility index (Phi) is 3.87. The molecule has 2 heterocycles. The number of aliphatic hydroxyl groups excluding tert-OH is 1. The Morgan fingerprint density at radius 1 is 1.56 bits per heavy atom. The van der Waals surface area contributed by atoms with Gasteiger partial charge in [-0.1, -0.05) is 11.6 Å². The van der Waals surface area contributed by atoms with E-state index in [-0.39, 0.29) is 6.61 Å². The van der Waals surface area contributed by atoms with E-state index >= 15 is 0 Å². The van der Waals surface area contributed by atoms with Gasteiger partial charge in [0.25, 0.3) is 0 Å². The maximum Gasteiger partial charge on any atom is 0.174 e. The third kappa shape index (κ3) is 2.34. The average Bonchev–Trinajstić information content (AvgIpc) is 2.73. The highest BCUT2D eigenvalue weighted by atomic mass is 35.5. The van der Waals surface area contributed by atoms with Crippen molar-refractivity contribution in [2.24, 2.45) is 7.05 Å². The molecule has 2 rings (SSSR count). The summed E-state index contributed by atoms with van der Waals surface area (Å²) in [5.41, 5.74) is 1.08. The van der Waals surface area contributed by atoms with Gasteiger partial charge in [0.2, 0.25) is 0 Å². The van der Waals surface area contributed by atoms with E-state index in [1.54, 1.807) is 23.9 Å². The molecule has 0 fully saturated rings. The lowest BCUT2D eigenvalue weighted by Gasteiger charge is -2.05. The molecule has 92 valence electrons. The summed E-state index contributed by atoms with van der Waals surface area (Å²) in [4.78, 5) is 8.29. The Hall–Kier alpha value is -1.55. The topological polar surface area (TPSA) is 74.7 Å². The number of aliphatic hydroxyl groups is 1. The summed E-state index contributed by atoms with van der Waals surface area (Å²) in [5.74, 6) is 0. The van der Waals surface area contributed by atoms with Crippen LogP contribution in [0.5, 0.6) is 0 Å². The van der Waals surface area contributed by atoms with Gasteiger partial charge in [0.1, 0.15) is 11.1 Å². The minimum atomic E-state index is -0.0799. The fourth-order valence-electron chi connectivity index (χ4n) is 1.34. The van der Waals surface area contributed by atoms with Crippen molar-refractivity contribution in [2.75, 3.05) is 0 Å². The molecule has 0 bridgehead atoms. The number of nitriles is 1. The number of halogens is 1. The number of imidazole rings is 1. The lowest BCUT2D eigenvalue weighted by Crippen LogP contribution is -1.97. The molecule has 2 aromatic heterocycles. The van der Waals surface area contributed by atoms with Crippen LogP contribution in [0.1, 0.15) is 11.3 Å². The van der Waals surface area contributed by atoms with Crippen LogP contribution < -0.4 is 0 Å². The fraction of sp³-hybridized carbons (Fsp3) is 0.182. The maximum absolute atomic E-state index is 9.08. The van der Waals surface area contributed by atoms with E-state index in [9.17, 15) is 0 Å². The van der Waals surface area contributed by atoms with Crippen LogP contribution in [0.15, 0.2) is 28.6 Å². The SMILES string of the molecule is Cn1c(CO)cnc1Sc1nccc(C#N)c1Cl. The van der Waals surface area contributed by atoms with Crippen molar-refractivity contribution in [1.82, 2.24) is 14.5 Å². The molecule has 0 amide bonds. The summed E-state index contributed by atoms with van der Waals surface area (Å²) in [6, 6.07) is 3.56. The monoisotopic (exact) mass is 280 g/mol. The second-order valence-corrected chi connectivity index (χ2v) is 4.77. The minimum Gasteiger partial charge on any atom is -0.390 e. The van der Waals surface area contributed by atoms with E-state index < -0.39 is 0 Å². The van der Waals surface area contributed by atoms with Crippen LogP contribution in [0.3, 0.4) is 0 Å². The number of rotatable bonds is 3. The van der Waals surface area contributed by atoms with Crippen molar-refractivity contribution in [2.45, 2.75) is 16.8 Å². The van der Waals surface area contributed by atoms with Gasteiger partial charge in [0, 0.05) is 13.2 Å². The van der Waals surface area contributed by atoms with Crippen molar-refractivity contribution in [1.29, 1.82) is 5.26 Å². The molecular weight excluding hydrogens is 272 g/mol. The Bertz CT molecular complexity index is 620. The summed E-state index contributed by atoms with van der Waals surface area (Å²) >= 11 is 7.31. The van der Waals surface area contributed by atoms with Crippen LogP contribution in [0.4, 0.5) is 0 Å². The quantitative estimate of drug-likeness (QED) is 0.930. The lowest BCUT2D eigenvalue weighted by molar-refractivity contribution is 0.271. The highest BCUT2D eigenvalue weighted by molar-refractivity contribution is 7.99. The third-order valence-electron chi connectivity index (χ3n) is 2.37. The van der Waals surface area contributed by atoms with Crippen LogP contribution >= 0.6 is 23.4 Å². The Morgan fingerprint density at radius 2 is 2.33 bits per heavy atom. The van der Waals surface area contributed by atoms with Crippen molar-refractivity contribution in [3.05, 3.63) is 34.7 Å². The molecule has 0 unspecified atom stereocenters. The molecule has 2 aromatic rings. The van der Waals surface area contributed by atoms with Gasteiger partial charge in [-0.25, -0.2) is 9.97 Å². The second-order valence-electron chi connectivity index (χ2n) is 3.44. The molecule has 1 N–H and O–H groups in total. The first-order chi connectivity index (χ1) is 8.67. The summed E-state index contributed by atoms with van der Waals surface area (Å²) in [6.45, 7) is -0.0799. The molecular formula is C11H9ClN4OS. The first kappa shape index (κ1) is 12.9. The predicted molar refractivity (Wildman–Crippen MR) is 67.2 cm³/mol. The van der Waals surface area contributed by atoms with E-state index in [2.05, 4.69) is 9.97 Å². The van der Waals surface area contributed by atoms with E-state index in [4.69, 9.17) is 22.0 Å². The summed E-state index contributed by atoms with van der Waals surface area (Å²) in [6.07, 6.45) is 3.12. The third-order valence-corrected chi connectivity index (χ3v) is 3.93. The van der Waals surface area contributed by atoms with Crippen LogP contribution in [0.25, 0.3) is 0 Å². The molecule has 0 saturated heterocycles. The van der Waals surface area contributed by atoms with Gasteiger partial charge < -0.3 is 9.67 Å². The predicted octanol–water partition coefficient (Wildman–Crippen LogP) is 1.98. The zero-order valence-corrected chi connectivity index (χ0v) is 11.0. The smallest absolute Gasteiger partial charge is 0.174 e. The Balaban J connectivity index is 2.35. The highest BCUT2D eigenvalue weighted by Gasteiger charge is 2.13. The largest absolute Gasteiger partial charge is 0.390 e. The standard InChI is InChI=1S/C11H9ClN4OS/c1-16-8(6-17)5-15-11(16)18-10-9(12)7(4-13)2-3-14-10/h2-3,5,17H,6H2,1H3. The van der Waals surface area contributed by atoms with Gasteiger partial charge in [-0.15, -0.1) is 0 Å². The first-order valence-corrected chi connectivity index (χ1v) is 6.20. The second kappa shape index (κ2) is 5.40. The zero-order valence-electron chi connectivity index (χ0n) is 9.46. The zero-order chi connectivity index (χ0) is 13.1. The average molecular weight is 281 g/mol. The van der Waals surface area contributed by atoms with Gasteiger partial charge in [-0.05, 0) is 17.8 Å². The van der Waals surface area contributed by atoms with Crippen molar-refractivity contribution in [3.8, 4) is 6.07 Å². The number of hydrogen-bond donors (Lipinski definition) is 1. The van der Waals surface area contributed by atoms with Gasteiger partial charge in [0.15, 0.2) is 5.16 Å². The summed E-state index contributed by atoms with van der Waals surface area (Å²) < 4.78 is 1.75. The molecule has 5 nitrogen and oxygen atoms in total. The molecule has 0 aliphatic heterocycles. The van der Waals surface area contributed by atoms with Gasteiger partial charge in [-0.3, -0.25) is 0 Å². The molecule has 0 atom stereocenters. The summed E-state index contributed by atoms with van der Waals surface area (Å²) in [7, 11) is 1.79. The molecule has 18 heavy (non-hydrogen) atoms. The lowest BCUT2D eigenvalue weighted by atomic mass is 10.3. The molecule has 0 aliphatic rings. The first-order valence-electron chi connectivity index (χ1n) is 5.01. The molecule has 0 spiro atoms. The fourth-order valence-corrected chi connectivity index (χ4v) is 2.45. The van der Waals surface area contributed by atoms with Crippen LogP contribution in [-0.2, 0) is 13.7 Å². The maximum atomic E-state index is 9.08. The molecule has 0 radical (unpaired) electrons. The van der Waals surface area contributed by atoms with E-state index in [0.717, 1.165) is 0 Å². The van der Waals surface area contributed by atoms with Crippen LogP contribution in [0.2, 0.25) is 5.02 Å². The van der Waals surface area contributed by atoms with Gasteiger partial charge in [-0.2, -0.15) is 5.26 Å². The molecule has 0 aromatic carbocycles. The normalized spacial score (nSPS) is 10.3.